The van der Waals surface area contributed by atoms with Gasteiger partial charge >= 0.3 is 0 Å². The Bertz CT molecular complexity index is 735. The minimum absolute atomic E-state index is 0.173. The summed E-state index contributed by atoms with van der Waals surface area (Å²) in [6.45, 7) is 0.288. The summed E-state index contributed by atoms with van der Waals surface area (Å²) in [5.41, 5.74) is 6.70. The highest BCUT2D eigenvalue weighted by atomic mass is 79.9. The van der Waals surface area contributed by atoms with E-state index < -0.39 is 10.0 Å². The highest BCUT2D eigenvalue weighted by Gasteiger charge is 2.14. The molecule has 0 heterocycles. The molecule has 106 valence electrons. The van der Waals surface area contributed by atoms with E-state index in [1.165, 1.54) is 6.07 Å². The number of rotatable bonds is 4. The lowest BCUT2D eigenvalue weighted by Gasteiger charge is -2.09. The van der Waals surface area contributed by atoms with Crippen LogP contribution in [0.1, 0.15) is 5.56 Å². The number of hydrogen-bond acceptors (Lipinski definition) is 3. The molecule has 2 rings (SSSR count). The summed E-state index contributed by atoms with van der Waals surface area (Å²) < 4.78 is 27.6. The zero-order valence-electron chi connectivity index (χ0n) is 10.3. The van der Waals surface area contributed by atoms with Crippen molar-refractivity contribution in [1.82, 2.24) is 0 Å². The van der Waals surface area contributed by atoms with E-state index in [1.54, 1.807) is 36.4 Å². The van der Waals surface area contributed by atoms with Gasteiger partial charge in [-0.2, -0.15) is 0 Å². The molecule has 0 aliphatic rings. The van der Waals surface area contributed by atoms with Crippen LogP contribution in [0.15, 0.2) is 51.8 Å². The van der Waals surface area contributed by atoms with Crippen LogP contribution in [0.3, 0.4) is 0 Å². The Morgan fingerprint density at radius 2 is 1.95 bits per heavy atom. The van der Waals surface area contributed by atoms with Gasteiger partial charge in [0, 0.05) is 11.0 Å². The van der Waals surface area contributed by atoms with Gasteiger partial charge in [-0.05, 0) is 51.8 Å². The fourth-order valence-corrected chi connectivity index (χ4v) is 3.23. The van der Waals surface area contributed by atoms with Crippen LogP contribution >= 0.6 is 27.5 Å². The lowest BCUT2D eigenvalue weighted by molar-refractivity contribution is 0.601. The summed E-state index contributed by atoms with van der Waals surface area (Å²) in [6, 6.07) is 11.3. The molecule has 0 fully saturated rings. The molecule has 3 N–H and O–H groups in total. The fourth-order valence-electron chi connectivity index (χ4n) is 1.61. The predicted octanol–water partition coefficient (Wildman–Crippen LogP) is 3.36. The Kier molecular flexibility index (Phi) is 4.70. The average molecular weight is 376 g/mol. The van der Waals surface area contributed by atoms with E-state index in [1.807, 2.05) is 0 Å². The molecule has 0 radical (unpaired) electrons. The zero-order valence-corrected chi connectivity index (χ0v) is 13.5. The lowest BCUT2D eigenvalue weighted by atomic mass is 10.2. The van der Waals surface area contributed by atoms with Crippen molar-refractivity contribution in [2.45, 2.75) is 11.4 Å². The van der Waals surface area contributed by atoms with Crippen LogP contribution in [0.25, 0.3) is 0 Å². The molecule has 0 atom stereocenters. The molecule has 0 saturated carbocycles. The van der Waals surface area contributed by atoms with Crippen LogP contribution in [0.5, 0.6) is 0 Å². The Morgan fingerprint density at radius 1 is 1.20 bits per heavy atom. The highest BCUT2D eigenvalue weighted by Crippen LogP contribution is 2.27. The van der Waals surface area contributed by atoms with Gasteiger partial charge in [0.1, 0.15) is 0 Å². The molecule has 20 heavy (non-hydrogen) atoms. The van der Waals surface area contributed by atoms with Crippen molar-refractivity contribution in [1.29, 1.82) is 0 Å². The number of benzene rings is 2. The molecule has 0 spiro atoms. The van der Waals surface area contributed by atoms with Gasteiger partial charge in [0.05, 0.1) is 15.6 Å². The minimum Gasteiger partial charge on any atom is -0.326 e. The molecule has 0 aromatic heterocycles. The Morgan fingerprint density at radius 3 is 2.60 bits per heavy atom. The molecule has 0 aliphatic heterocycles. The van der Waals surface area contributed by atoms with Gasteiger partial charge in [0.2, 0.25) is 0 Å². The Balaban J connectivity index is 2.32. The molecule has 2 aromatic rings. The molecule has 0 amide bonds. The summed E-state index contributed by atoms with van der Waals surface area (Å²) in [7, 11) is -3.65. The van der Waals surface area contributed by atoms with Crippen LogP contribution in [0.4, 0.5) is 5.69 Å². The second kappa shape index (κ2) is 6.13. The van der Waals surface area contributed by atoms with Gasteiger partial charge in [0.15, 0.2) is 0 Å². The van der Waals surface area contributed by atoms with Gasteiger partial charge in [0.25, 0.3) is 10.0 Å². The highest BCUT2D eigenvalue weighted by molar-refractivity contribution is 9.10. The Labute approximate surface area is 131 Å². The number of halogens is 2. The molecule has 0 saturated heterocycles. The van der Waals surface area contributed by atoms with Crippen LogP contribution in [-0.4, -0.2) is 8.42 Å². The van der Waals surface area contributed by atoms with Crippen molar-refractivity contribution >= 4 is 43.2 Å². The minimum atomic E-state index is -3.65. The monoisotopic (exact) mass is 374 g/mol. The third kappa shape index (κ3) is 3.52. The first kappa shape index (κ1) is 15.3. The van der Waals surface area contributed by atoms with Crippen molar-refractivity contribution in [2.75, 3.05) is 4.72 Å². The van der Waals surface area contributed by atoms with Crippen molar-refractivity contribution in [3.8, 4) is 0 Å². The first-order chi connectivity index (χ1) is 9.42. The van der Waals surface area contributed by atoms with E-state index in [-0.39, 0.29) is 11.4 Å². The second-order valence-corrected chi connectivity index (χ2v) is 7.03. The largest absolute Gasteiger partial charge is 0.326 e. The topological polar surface area (TPSA) is 72.2 Å². The van der Waals surface area contributed by atoms with E-state index in [0.29, 0.717) is 15.2 Å². The molecule has 2 aromatic carbocycles. The first-order valence-corrected chi connectivity index (χ1v) is 8.34. The van der Waals surface area contributed by atoms with Gasteiger partial charge < -0.3 is 5.73 Å². The van der Waals surface area contributed by atoms with E-state index in [0.717, 1.165) is 5.56 Å². The normalized spacial score (nSPS) is 11.3. The molecule has 0 unspecified atom stereocenters. The maximum Gasteiger partial charge on any atom is 0.261 e. The van der Waals surface area contributed by atoms with Gasteiger partial charge in [-0.25, -0.2) is 8.42 Å². The lowest BCUT2D eigenvalue weighted by Crippen LogP contribution is -2.13. The number of hydrogen-bond donors (Lipinski definition) is 2. The maximum absolute atomic E-state index is 12.3. The predicted molar refractivity (Wildman–Crippen MR) is 84.3 cm³/mol. The third-order valence-corrected chi connectivity index (χ3v) is 5.21. The van der Waals surface area contributed by atoms with E-state index in [4.69, 9.17) is 17.3 Å². The summed E-state index contributed by atoms with van der Waals surface area (Å²) in [4.78, 5) is 0.173. The first-order valence-electron chi connectivity index (χ1n) is 5.69. The molecular weight excluding hydrogens is 364 g/mol. The van der Waals surface area contributed by atoms with Crippen molar-refractivity contribution < 1.29 is 8.42 Å². The van der Waals surface area contributed by atoms with Crippen LogP contribution < -0.4 is 10.5 Å². The summed E-state index contributed by atoms with van der Waals surface area (Å²) in [5, 5.41) is 0.512. The Hall–Kier alpha value is -1.08. The fraction of sp³-hybridized carbons (Fsp3) is 0.0769. The molecule has 7 heteroatoms. The quantitative estimate of drug-likeness (QED) is 0.860. The molecule has 0 bridgehead atoms. The van der Waals surface area contributed by atoms with Crippen LogP contribution in [0, 0.1) is 0 Å². The summed E-state index contributed by atoms with van der Waals surface area (Å²) in [5.74, 6) is 0. The van der Waals surface area contributed by atoms with Crippen molar-refractivity contribution in [2.24, 2.45) is 5.73 Å². The number of nitrogens with one attached hydrogen (secondary N) is 1. The van der Waals surface area contributed by atoms with Crippen LogP contribution in [-0.2, 0) is 16.6 Å². The maximum atomic E-state index is 12.3. The van der Waals surface area contributed by atoms with E-state index in [2.05, 4.69) is 20.7 Å². The number of anilines is 1. The molecule has 0 aliphatic carbocycles. The number of nitrogens with two attached hydrogens (primary N) is 1. The standard InChI is InChI=1S/C13H12BrClN2O2S/c14-12-7-10(4-5-13(12)15)17-20(18,19)11-3-1-2-9(6-11)8-16/h1-7,17H,8,16H2. The number of sulfonamides is 1. The second-order valence-electron chi connectivity index (χ2n) is 4.09. The SMILES string of the molecule is NCc1cccc(S(=O)(=O)Nc2ccc(Cl)c(Br)c2)c1. The third-order valence-electron chi connectivity index (χ3n) is 2.62. The van der Waals surface area contributed by atoms with E-state index >= 15 is 0 Å². The van der Waals surface area contributed by atoms with Crippen molar-refractivity contribution in [3.05, 3.63) is 57.5 Å². The van der Waals surface area contributed by atoms with Gasteiger partial charge in [-0.3, -0.25) is 4.72 Å². The summed E-state index contributed by atoms with van der Waals surface area (Å²) in [6.07, 6.45) is 0. The molecule has 4 nitrogen and oxygen atoms in total. The zero-order chi connectivity index (χ0) is 14.8. The smallest absolute Gasteiger partial charge is 0.261 e. The average Bonchev–Trinajstić information content (AvgIpc) is 2.43. The summed E-state index contributed by atoms with van der Waals surface area (Å²) >= 11 is 9.12. The van der Waals surface area contributed by atoms with Gasteiger partial charge in [-0.1, -0.05) is 23.7 Å². The van der Waals surface area contributed by atoms with Gasteiger partial charge in [-0.15, -0.1) is 0 Å². The molecular formula is C13H12BrClN2O2S. The van der Waals surface area contributed by atoms with Crippen molar-refractivity contribution in [3.63, 3.8) is 0 Å². The van der Waals surface area contributed by atoms with E-state index in [9.17, 15) is 8.42 Å². The van der Waals surface area contributed by atoms with Crippen LogP contribution in [0.2, 0.25) is 5.02 Å².